The fraction of sp³-hybridized carbons (Fsp3) is 0.737. The Morgan fingerprint density at radius 3 is 2.18 bits per heavy atom. The van der Waals surface area contributed by atoms with Crippen LogP contribution in [-0.4, -0.2) is 11.1 Å². The molecule has 0 bridgehead atoms. The molecule has 0 amide bonds. The highest BCUT2D eigenvalue weighted by molar-refractivity contribution is 9.11. The number of carbonyl (C=O) groups is 1. The quantitative estimate of drug-likeness (QED) is 0.248. The minimum atomic E-state index is -0.710. The van der Waals surface area contributed by atoms with Gasteiger partial charge in [0.1, 0.15) is 0 Å². The second kappa shape index (κ2) is 16.8. The van der Waals surface area contributed by atoms with Crippen molar-refractivity contribution in [1.82, 2.24) is 0 Å². The Balaban J connectivity index is 3.38. The van der Waals surface area contributed by atoms with Crippen molar-refractivity contribution in [3.8, 4) is 0 Å². The lowest BCUT2D eigenvalue weighted by molar-refractivity contribution is -0.137. The SMILES string of the molecule is CCCCCCCCCC=CCCC(Br)=CCCCC(=O)O. The maximum atomic E-state index is 10.4. The smallest absolute Gasteiger partial charge is 0.303 e. The molecule has 0 fully saturated rings. The van der Waals surface area contributed by atoms with Crippen LogP contribution in [0.25, 0.3) is 0 Å². The van der Waals surface area contributed by atoms with Crippen molar-refractivity contribution >= 4 is 21.9 Å². The highest BCUT2D eigenvalue weighted by Crippen LogP contribution is 2.15. The highest BCUT2D eigenvalue weighted by atomic mass is 79.9. The van der Waals surface area contributed by atoms with E-state index in [1.54, 1.807) is 0 Å². The molecule has 0 saturated heterocycles. The second-order valence-electron chi connectivity index (χ2n) is 5.86. The van der Waals surface area contributed by atoms with E-state index in [9.17, 15) is 4.79 Å². The summed E-state index contributed by atoms with van der Waals surface area (Å²) in [7, 11) is 0. The standard InChI is InChI=1S/C19H33BrO2/c1-2-3-4-5-6-7-8-9-10-11-12-15-18(20)16-13-14-17-19(21)22/h10-11,16H,2-9,12-15,17H2,1H3,(H,21,22). The molecule has 0 spiro atoms. The summed E-state index contributed by atoms with van der Waals surface area (Å²) >= 11 is 3.55. The summed E-state index contributed by atoms with van der Waals surface area (Å²) in [5.74, 6) is -0.710. The van der Waals surface area contributed by atoms with Crippen molar-refractivity contribution in [2.24, 2.45) is 0 Å². The van der Waals surface area contributed by atoms with Gasteiger partial charge < -0.3 is 5.11 Å². The van der Waals surface area contributed by atoms with Gasteiger partial charge in [0.25, 0.3) is 0 Å². The molecule has 2 nitrogen and oxygen atoms in total. The van der Waals surface area contributed by atoms with E-state index < -0.39 is 5.97 Å². The lowest BCUT2D eigenvalue weighted by Crippen LogP contribution is -1.92. The Labute approximate surface area is 145 Å². The van der Waals surface area contributed by atoms with Gasteiger partial charge in [0.05, 0.1) is 0 Å². The zero-order chi connectivity index (χ0) is 16.5. The number of rotatable bonds is 15. The zero-order valence-electron chi connectivity index (χ0n) is 14.2. The maximum Gasteiger partial charge on any atom is 0.303 e. The van der Waals surface area contributed by atoms with Gasteiger partial charge in [-0.25, -0.2) is 0 Å². The van der Waals surface area contributed by atoms with E-state index in [2.05, 4.69) is 41.1 Å². The number of unbranched alkanes of at least 4 members (excludes halogenated alkanes) is 8. The molecule has 0 atom stereocenters. The van der Waals surface area contributed by atoms with Gasteiger partial charge in [-0.3, -0.25) is 4.79 Å². The molecule has 0 aromatic carbocycles. The molecule has 3 heteroatoms. The first-order valence-corrected chi connectivity index (χ1v) is 9.67. The van der Waals surface area contributed by atoms with Gasteiger partial charge in [0.15, 0.2) is 0 Å². The molecule has 0 heterocycles. The minimum absolute atomic E-state index is 0.259. The van der Waals surface area contributed by atoms with Crippen LogP contribution in [0.5, 0.6) is 0 Å². The first-order chi connectivity index (χ1) is 10.7. The molecule has 0 aliphatic rings. The van der Waals surface area contributed by atoms with Crippen LogP contribution in [0.3, 0.4) is 0 Å². The van der Waals surface area contributed by atoms with Crippen molar-refractivity contribution in [3.63, 3.8) is 0 Å². The first-order valence-electron chi connectivity index (χ1n) is 8.88. The molecule has 128 valence electrons. The van der Waals surface area contributed by atoms with Gasteiger partial charge in [0.2, 0.25) is 0 Å². The molecule has 0 radical (unpaired) electrons. The van der Waals surface area contributed by atoms with Crippen molar-refractivity contribution in [2.45, 2.75) is 90.4 Å². The van der Waals surface area contributed by atoms with Crippen molar-refractivity contribution < 1.29 is 9.90 Å². The van der Waals surface area contributed by atoms with Gasteiger partial charge in [-0.1, -0.05) is 79.6 Å². The second-order valence-corrected chi connectivity index (χ2v) is 6.88. The number of allylic oxidation sites excluding steroid dienone is 4. The molecule has 0 aliphatic heterocycles. The monoisotopic (exact) mass is 372 g/mol. The predicted molar refractivity (Wildman–Crippen MR) is 99.5 cm³/mol. The molecular formula is C19H33BrO2. The Morgan fingerprint density at radius 1 is 0.864 bits per heavy atom. The minimum Gasteiger partial charge on any atom is -0.481 e. The molecule has 0 aliphatic carbocycles. The summed E-state index contributed by atoms with van der Waals surface area (Å²) in [6.45, 7) is 2.26. The number of hydrogen-bond donors (Lipinski definition) is 1. The van der Waals surface area contributed by atoms with Crippen molar-refractivity contribution in [1.29, 1.82) is 0 Å². The molecule has 0 aromatic heterocycles. The third-order valence-electron chi connectivity index (χ3n) is 3.65. The largest absolute Gasteiger partial charge is 0.481 e. The van der Waals surface area contributed by atoms with Crippen LogP contribution in [0.4, 0.5) is 0 Å². The average molecular weight is 373 g/mol. The molecule has 22 heavy (non-hydrogen) atoms. The summed E-state index contributed by atoms with van der Waals surface area (Å²) in [6.07, 6.45) is 21.4. The predicted octanol–water partition coefficient (Wildman–Crippen LogP) is 7.00. The fourth-order valence-corrected chi connectivity index (χ4v) is 2.75. The average Bonchev–Trinajstić information content (AvgIpc) is 2.49. The molecule has 0 aromatic rings. The van der Waals surface area contributed by atoms with E-state index in [0.29, 0.717) is 0 Å². The van der Waals surface area contributed by atoms with Gasteiger partial charge >= 0.3 is 5.97 Å². The lowest BCUT2D eigenvalue weighted by Gasteiger charge is -1.99. The molecule has 0 saturated carbocycles. The van der Waals surface area contributed by atoms with Gasteiger partial charge in [-0.2, -0.15) is 0 Å². The molecular weight excluding hydrogens is 340 g/mol. The van der Waals surface area contributed by atoms with Crippen LogP contribution in [0.1, 0.15) is 90.4 Å². The van der Waals surface area contributed by atoms with Crippen LogP contribution in [0, 0.1) is 0 Å². The van der Waals surface area contributed by atoms with Crippen LogP contribution in [0.15, 0.2) is 22.7 Å². The first kappa shape index (κ1) is 21.4. The molecule has 1 N–H and O–H groups in total. The van der Waals surface area contributed by atoms with Crippen molar-refractivity contribution in [3.05, 3.63) is 22.7 Å². The molecule has 0 unspecified atom stereocenters. The van der Waals surface area contributed by atoms with E-state index in [1.165, 1.54) is 55.8 Å². The third kappa shape index (κ3) is 17.5. The molecule has 0 rings (SSSR count). The number of halogens is 1. The summed E-state index contributed by atoms with van der Waals surface area (Å²) < 4.78 is 1.19. The topological polar surface area (TPSA) is 37.3 Å². The Hall–Kier alpha value is -0.570. The van der Waals surface area contributed by atoms with Crippen LogP contribution >= 0.6 is 15.9 Å². The van der Waals surface area contributed by atoms with Crippen LogP contribution < -0.4 is 0 Å². The van der Waals surface area contributed by atoms with E-state index >= 15 is 0 Å². The summed E-state index contributed by atoms with van der Waals surface area (Å²) in [4.78, 5) is 10.4. The van der Waals surface area contributed by atoms with E-state index in [-0.39, 0.29) is 6.42 Å². The van der Waals surface area contributed by atoms with E-state index in [0.717, 1.165) is 25.7 Å². The normalized spacial score (nSPS) is 12.2. The Morgan fingerprint density at radius 2 is 1.50 bits per heavy atom. The van der Waals surface area contributed by atoms with Crippen molar-refractivity contribution in [2.75, 3.05) is 0 Å². The summed E-state index contributed by atoms with van der Waals surface area (Å²) in [5.41, 5.74) is 0. The van der Waals surface area contributed by atoms with Gasteiger partial charge in [0, 0.05) is 6.42 Å². The number of carboxylic acids is 1. The summed E-state index contributed by atoms with van der Waals surface area (Å²) in [5, 5.41) is 8.55. The maximum absolute atomic E-state index is 10.4. The van der Waals surface area contributed by atoms with Gasteiger partial charge in [-0.15, -0.1) is 0 Å². The number of carboxylic acid groups (broad SMARTS) is 1. The zero-order valence-corrected chi connectivity index (χ0v) is 15.7. The third-order valence-corrected chi connectivity index (χ3v) is 4.37. The number of aliphatic carboxylic acids is 1. The summed E-state index contributed by atoms with van der Waals surface area (Å²) in [6, 6.07) is 0. The van der Waals surface area contributed by atoms with E-state index in [1.807, 2.05) is 0 Å². The highest BCUT2D eigenvalue weighted by Gasteiger charge is 1.95. The Bertz CT molecular complexity index is 321. The fourth-order valence-electron chi connectivity index (χ4n) is 2.29. The Kier molecular flexibility index (Phi) is 16.4. The van der Waals surface area contributed by atoms with E-state index in [4.69, 9.17) is 5.11 Å². The lowest BCUT2D eigenvalue weighted by atomic mass is 10.1. The van der Waals surface area contributed by atoms with Crippen LogP contribution in [0.2, 0.25) is 0 Å². The van der Waals surface area contributed by atoms with Gasteiger partial charge in [-0.05, 0) is 43.0 Å². The number of hydrogen-bond acceptors (Lipinski definition) is 1. The van der Waals surface area contributed by atoms with Crippen LogP contribution in [-0.2, 0) is 4.79 Å².